The average Bonchev–Trinajstić information content (AvgIpc) is 2.62. The lowest BCUT2D eigenvalue weighted by molar-refractivity contribution is -0.692. The molecule has 4 nitrogen and oxygen atoms in total. The number of para-hydroxylation sites is 1. The van der Waals surface area contributed by atoms with Crippen LogP contribution < -0.4 is 10.6 Å². The Bertz CT molecular complexity index is 771. The largest absolute Gasteiger partial charge is 0.332 e. The number of quaternary nitrogens is 1. The summed E-state index contributed by atoms with van der Waals surface area (Å²) in [4.78, 5) is 13.3. The molecule has 0 saturated carbocycles. The van der Waals surface area contributed by atoms with E-state index in [9.17, 15) is 9.18 Å². The van der Waals surface area contributed by atoms with E-state index in [0.29, 0.717) is 17.4 Å². The van der Waals surface area contributed by atoms with Crippen LogP contribution in [0.3, 0.4) is 0 Å². The lowest BCUT2D eigenvalue weighted by Crippen LogP contribution is -2.88. The molecule has 0 saturated heterocycles. The monoisotopic (exact) mass is 372 g/mol. The van der Waals surface area contributed by atoms with Gasteiger partial charge in [0.15, 0.2) is 6.54 Å². The van der Waals surface area contributed by atoms with E-state index < -0.39 is 0 Å². The first-order chi connectivity index (χ1) is 12.5. The number of nitriles is 1. The van der Waals surface area contributed by atoms with Crippen molar-refractivity contribution in [3.8, 4) is 6.07 Å². The number of carbonyl (C=O) groups excluding carboxylic acids is 1. The van der Waals surface area contributed by atoms with Crippen LogP contribution in [-0.4, -0.2) is 18.2 Å². The third-order valence-corrected chi connectivity index (χ3v) is 4.92. The summed E-state index contributed by atoms with van der Waals surface area (Å²) < 4.78 is 13.1. The summed E-state index contributed by atoms with van der Waals surface area (Å²) in [6.45, 7) is 4.42. The number of nitrogens with zero attached hydrogens (tertiary/aromatic N) is 1. The maximum Gasteiger partial charge on any atom is 0.279 e. The smallest absolute Gasteiger partial charge is 0.279 e. The minimum absolute atomic E-state index is 0.0737. The van der Waals surface area contributed by atoms with E-state index in [0.717, 1.165) is 10.5 Å². The first kappa shape index (κ1) is 20.0. The number of anilines is 1. The van der Waals surface area contributed by atoms with Crippen LogP contribution in [-0.2, 0) is 4.79 Å². The first-order valence-electron chi connectivity index (χ1n) is 8.48. The third-order valence-electron chi connectivity index (χ3n) is 3.98. The van der Waals surface area contributed by atoms with Gasteiger partial charge < -0.3 is 10.6 Å². The molecule has 0 unspecified atom stereocenters. The topological polar surface area (TPSA) is 69.5 Å². The molecular weight excluding hydrogens is 349 g/mol. The lowest BCUT2D eigenvalue weighted by Gasteiger charge is -2.19. The van der Waals surface area contributed by atoms with Crippen LogP contribution in [0, 0.1) is 23.1 Å². The number of amides is 1. The lowest BCUT2D eigenvalue weighted by atomic mass is 9.96. The number of hydrogen-bond donors (Lipinski definition) is 2. The van der Waals surface area contributed by atoms with E-state index in [1.807, 2.05) is 29.6 Å². The van der Waals surface area contributed by atoms with Gasteiger partial charge in [0.05, 0.1) is 17.5 Å². The quantitative estimate of drug-likeness (QED) is 0.698. The van der Waals surface area contributed by atoms with Crippen molar-refractivity contribution >= 4 is 23.4 Å². The number of thioether (sulfide) groups is 1. The van der Waals surface area contributed by atoms with E-state index in [1.165, 1.54) is 23.9 Å². The molecule has 0 aliphatic rings. The highest BCUT2D eigenvalue weighted by Crippen LogP contribution is 2.26. The maximum atomic E-state index is 13.1. The molecule has 0 aliphatic heterocycles. The summed E-state index contributed by atoms with van der Waals surface area (Å²) in [6.07, 6.45) is 0. The highest BCUT2D eigenvalue weighted by Gasteiger charge is 2.20. The number of hydrogen-bond acceptors (Lipinski definition) is 3. The Labute approximate surface area is 157 Å². The Hall–Kier alpha value is -2.36. The summed E-state index contributed by atoms with van der Waals surface area (Å²) >= 11 is 1.39. The second kappa shape index (κ2) is 9.95. The summed E-state index contributed by atoms with van der Waals surface area (Å²) in [5, 5.41) is 13.6. The summed E-state index contributed by atoms with van der Waals surface area (Å²) in [5.74, 6) is 0.258. The van der Waals surface area contributed by atoms with E-state index in [4.69, 9.17) is 5.26 Å². The van der Waals surface area contributed by atoms with Crippen molar-refractivity contribution in [3.63, 3.8) is 0 Å². The van der Waals surface area contributed by atoms with Crippen molar-refractivity contribution in [2.45, 2.75) is 24.8 Å². The normalized spacial score (nSPS) is 11.8. The van der Waals surface area contributed by atoms with Crippen molar-refractivity contribution in [2.75, 3.05) is 17.6 Å². The molecular formula is C20H23FN3OS+. The number of halogens is 1. The molecule has 0 aromatic heterocycles. The first-order valence-corrected chi connectivity index (χ1v) is 9.47. The Morgan fingerprint density at radius 1 is 1.23 bits per heavy atom. The van der Waals surface area contributed by atoms with Gasteiger partial charge in [-0.3, -0.25) is 4.79 Å². The fourth-order valence-corrected chi connectivity index (χ4v) is 3.39. The number of rotatable bonds is 8. The van der Waals surface area contributed by atoms with Crippen molar-refractivity contribution < 1.29 is 14.5 Å². The Kier molecular flexibility index (Phi) is 7.64. The Morgan fingerprint density at radius 2 is 1.92 bits per heavy atom. The highest BCUT2D eigenvalue weighted by atomic mass is 32.2. The van der Waals surface area contributed by atoms with Gasteiger partial charge in [-0.05, 0) is 24.3 Å². The Balaban J connectivity index is 1.99. The maximum absolute atomic E-state index is 13.1. The van der Waals surface area contributed by atoms with Gasteiger partial charge in [0, 0.05) is 16.4 Å². The second-order valence-electron chi connectivity index (χ2n) is 6.25. The fraction of sp³-hybridized carbons (Fsp3) is 0.300. The van der Waals surface area contributed by atoms with Crippen LogP contribution in [0.1, 0.15) is 25.5 Å². The molecule has 6 heteroatoms. The molecule has 2 aromatic carbocycles. The van der Waals surface area contributed by atoms with Crippen molar-refractivity contribution in [3.05, 3.63) is 59.9 Å². The standard InChI is InChI=1S/C20H22FN3OS/c1-14(2)20(15-7-9-16(21)10-8-15)23-13-19(25)24-17-5-3-4-6-18(17)26-12-11-22/h3-10,14,20,23H,12-13H2,1-2H3,(H,24,25)/p+1/t20-/m1/s1. The average molecular weight is 372 g/mol. The van der Waals surface area contributed by atoms with Crippen LogP contribution in [0.15, 0.2) is 53.4 Å². The van der Waals surface area contributed by atoms with E-state index in [-0.39, 0.29) is 24.3 Å². The van der Waals surface area contributed by atoms with Gasteiger partial charge in [-0.25, -0.2) is 4.39 Å². The van der Waals surface area contributed by atoms with Crippen LogP contribution in [0.4, 0.5) is 10.1 Å². The molecule has 0 bridgehead atoms. The zero-order valence-electron chi connectivity index (χ0n) is 14.9. The molecule has 0 spiro atoms. The molecule has 136 valence electrons. The minimum atomic E-state index is -0.263. The molecule has 1 amide bonds. The molecule has 1 atom stereocenters. The highest BCUT2D eigenvalue weighted by molar-refractivity contribution is 7.99. The van der Waals surface area contributed by atoms with Crippen molar-refractivity contribution in [2.24, 2.45) is 5.92 Å². The van der Waals surface area contributed by atoms with Gasteiger partial charge in [-0.2, -0.15) is 5.26 Å². The van der Waals surface area contributed by atoms with Gasteiger partial charge in [-0.15, -0.1) is 11.8 Å². The predicted octanol–water partition coefficient (Wildman–Crippen LogP) is 3.34. The molecule has 3 N–H and O–H groups in total. The van der Waals surface area contributed by atoms with Gasteiger partial charge in [0.25, 0.3) is 5.91 Å². The molecule has 0 radical (unpaired) electrons. The van der Waals surface area contributed by atoms with Crippen LogP contribution in [0.25, 0.3) is 0 Å². The zero-order valence-corrected chi connectivity index (χ0v) is 15.7. The minimum Gasteiger partial charge on any atom is -0.332 e. The van der Waals surface area contributed by atoms with Gasteiger partial charge in [-0.1, -0.05) is 38.1 Å². The summed E-state index contributed by atoms with van der Waals surface area (Å²) in [7, 11) is 0. The second-order valence-corrected chi connectivity index (χ2v) is 7.27. The molecule has 0 heterocycles. The van der Waals surface area contributed by atoms with E-state index in [1.54, 1.807) is 12.1 Å². The van der Waals surface area contributed by atoms with Gasteiger partial charge >= 0.3 is 0 Å². The van der Waals surface area contributed by atoms with Crippen LogP contribution in [0.2, 0.25) is 0 Å². The van der Waals surface area contributed by atoms with E-state index in [2.05, 4.69) is 25.2 Å². The zero-order chi connectivity index (χ0) is 18.9. The SMILES string of the molecule is CC(C)[C@@H]([NH2+]CC(=O)Nc1ccccc1SCC#N)c1ccc(F)cc1. The van der Waals surface area contributed by atoms with E-state index >= 15 is 0 Å². The summed E-state index contributed by atoms with van der Waals surface area (Å²) in [5.41, 5.74) is 1.72. The van der Waals surface area contributed by atoms with Crippen molar-refractivity contribution in [1.82, 2.24) is 0 Å². The third kappa shape index (κ3) is 5.87. The number of carbonyl (C=O) groups is 1. The van der Waals surface area contributed by atoms with Gasteiger partial charge in [0.1, 0.15) is 11.9 Å². The molecule has 2 rings (SSSR count). The fourth-order valence-electron chi connectivity index (χ4n) is 2.72. The summed E-state index contributed by atoms with van der Waals surface area (Å²) in [6, 6.07) is 16.0. The van der Waals surface area contributed by atoms with Crippen LogP contribution in [0.5, 0.6) is 0 Å². The Morgan fingerprint density at radius 3 is 2.58 bits per heavy atom. The van der Waals surface area contributed by atoms with Crippen molar-refractivity contribution in [1.29, 1.82) is 5.26 Å². The predicted molar refractivity (Wildman–Crippen MR) is 102 cm³/mol. The molecule has 0 fully saturated rings. The number of nitrogens with two attached hydrogens (primary N) is 1. The molecule has 26 heavy (non-hydrogen) atoms. The van der Waals surface area contributed by atoms with Crippen LogP contribution >= 0.6 is 11.8 Å². The number of nitrogens with one attached hydrogen (secondary N) is 1. The molecule has 2 aromatic rings. The van der Waals surface area contributed by atoms with Gasteiger partial charge in [0.2, 0.25) is 0 Å². The number of benzene rings is 2. The molecule has 0 aliphatic carbocycles.